The lowest BCUT2D eigenvalue weighted by Crippen LogP contribution is -2.35. The van der Waals surface area contributed by atoms with Crippen LogP contribution in [0.25, 0.3) is 10.9 Å². The Morgan fingerprint density at radius 3 is 2.71 bits per heavy atom. The predicted molar refractivity (Wildman–Crippen MR) is 135 cm³/mol. The van der Waals surface area contributed by atoms with Crippen LogP contribution in [0.1, 0.15) is 53.9 Å². The molecule has 0 amide bonds. The summed E-state index contributed by atoms with van der Waals surface area (Å²) < 4.78 is 7.67. The van der Waals surface area contributed by atoms with Crippen LogP contribution in [0, 0.1) is 13.8 Å². The number of tetrazole rings is 1. The highest BCUT2D eigenvalue weighted by molar-refractivity contribution is 5.81. The van der Waals surface area contributed by atoms with Crippen molar-refractivity contribution in [1.82, 2.24) is 30.1 Å². The van der Waals surface area contributed by atoms with Crippen molar-refractivity contribution >= 4 is 10.9 Å². The van der Waals surface area contributed by atoms with Crippen LogP contribution in [0.5, 0.6) is 0 Å². The molecule has 4 aromatic rings. The Morgan fingerprint density at radius 1 is 1.17 bits per heavy atom. The summed E-state index contributed by atoms with van der Waals surface area (Å²) in [6.07, 6.45) is 2.12. The third-order valence-electron chi connectivity index (χ3n) is 6.99. The van der Waals surface area contributed by atoms with Gasteiger partial charge in [-0.2, -0.15) is 0 Å². The van der Waals surface area contributed by atoms with E-state index in [0.717, 1.165) is 42.5 Å². The Labute approximate surface area is 204 Å². The van der Waals surface area contributed by atoms with Gasteiger partial charge in [0.1, 0.15) is 6.04 Å². The van der Waals surface area contributed by atoms with E-state index in [2.05, 4.69) is 64.4 Å². The van der Waals surface area contributed by atoms with Gasteiger partial charge in [0.15, 0.2) is 5.82 Å². The minimum atomic E-state index is -0.411. The third-order valence-corrected chi connectivity index (χ3v) is 6.99. The Bertz CT molecular complexity index is 1360. The molecule has 0 unspecified atom stereocenters. The number of nitrogens with one attached hydrogen (secondary N) is 1. The van der Waals surface area contributed by atoms with E-state index in [1.807, 2.05) is 35.0 Å². The van der Waals surface area contributed by atoms with E-state index in [4.69, 9.17) is 4.74 Å². The van der Waals surface area contributed by atoms with Crippen LogP contribution in [0.15, 0.2) is 53.3 Å². The van der Waals surface area contributed by atoms with Gasteiger partial charge in [0, 0.05) is 24.2 Å². The highest BCUT2D eigenvalue weighted by atomic mass is 16.5. The van der Waals surface area contributed by atoms with Crippen LogP contribution in [0.3, 0.4) is 0 Å². The van der Waals surface area contributed by atoms with Crippen molar-refractivity contribution in [2.24, 2.45) is 0 Å². The summed E-state index contributed by atoms with van der Waals surface area (Å²) in [4.78, 5) is 18.9. The summed E-state index contributed by atoms with van der Waals surface area (Å²) in [6, 6.07) is 16.0. The van der Waals surface area contributed by atoms with Crippen molar-refractivity contribution in [3.8, 4) is 0 Å². The van der Waals surface area contributed by atoms with Crippen molar-refractivity contribution < 1.29 is 4.74 Å². The molecule has 1 N–H and O–H groups in total. The molecule has 0 bridgehead atoms. The van der Waals surface area contributed by atoms with Gasteiger partial charge in [0.05, 0.1) is 12.6 Å². The predicted octanol–water partition coefficient (Wildman–Crippen LogP) is 3.92. The van der Waals surface area contributed by atoms with Crippen LogP contribution in [-0.4, -0.2) is 49.3 Å². The molecule has 8 nitrogen and oxygen atoms in total. The molecule has 0 radical (unpaired) electrons. The van der Waals surface area contributed by atoms with Crippen molar-refractivity contribution in [3.63, 3.8) is 0 Å². The zero-order valence-electron chi connectivity index (χ0n) is 20.6. The first-order valence-corrected chi connectivity index (χ1v) is 12.3. The van der Waals surface area contributed by atoms with Crippen molar-refractivity contribution in [2.45, 2.75) is 58.8 Å². The van der Waals surface area contributed by atoms with Crippen LogP contribution >= 0.6 is 0 Å². The summed E-state index contributed by atoms with van der Waals surface area (Å²) in [5, 5.41) is 13.8. The molecule has 2 aromatic carbocycles. The summed E-state index contributed by atoms with van der Waals surface area (Å²) in [5.74, 6) is 0.659. The molecule has 5 rings (SSSR count). The number of aromatic nitrogens is 5. The molecule has 2 atom stereocenters. The number of hydrogen-bond donors (Lipinski definition) is 1. The SMILES string of the molecule is CCN(Cc1ccccc1)[C@H](c1cc2cc(C)c(C)cc2[nH]c1=O)c1nnnn1C[C@H]1CCCO1. The first-order valence-electron chi connectivity index (χ1n) is 12.3. The van der Waals surface area contributed by atoms with E-state index in [9.17, 15) is 4.79 Å². The Hall–Kier alpha value is -3.36. The molecule has 1 aliphatic rings. The van der Waals surface area contributed by atoms with E-state index >= 15 is 0 Å². The van der Waals surface area contributed by atoms with Gasteiger partial charge in [0.25, 0.3) is 5.56 Å². The van der Waals surface area contributed by atoms with Gasteiger partial charge >= 0.3 is 0 Å². The summed E-state index contributed by atoms with van der Waals surface area (Å²) in [6.45, 7) is 8.98. The molecule has 0 aliphatic carbocycles. The average Bonchev–Trinajstić information content (AvgIpc) is 3.54. The highest BCUT2D eigenvalue weighted by Gasteiger charge is 2.31. The number of aryl methyl sites for hydroxylation is 2. The maximum atomic E-state index is 13.5. The van der Waals surface area contributed by atoms with Crippen molar-refractivity contribution in [1.29, 1.82) is 0 Å². The second-order valence-electron chi connectivity index (χ2n) is 9.38. The smallest absolute Gasteiger partial charge is 0.253 e. The van der Waals surface area contributed by atoms with Crippen LogP contribution in [0.2, 0.25) is 0 Å². The molecule has 3 heterocycles. The normalized spacial score (nSPS) is 16.9. The van der Waals surface area contributed by atoms with Gasteiger partial charge in [0.2, 0.25) is 0 Å². The van der Waals surface area contributed by atoms with E-state index in [1.165, 1.54) is 11.1 Å². The molecule has 1 aliphatic heterocycles. The first kappa shape index (κ1) is 23.4. The standard InChI is InChI=1S/C27H32N6O2/c1-4-32(16-20-9-6-5-7-10-20)25(26-29-30-31-33(26)17-22-11-8-12-35-22)23-15-21-13-18(2)19(3)14-24(21)28-27(23)34/h5-7,9-10,13-15,22,25H,4,8,11-12,16-17H2,1-3H3,(H,28,34)/t22-,25-/m1/s1. The number of rotatable bonds is 8. The summed E-state index contributed by atoms with van der Waals surface area (Å²) in [5.41, 5.74) is 4.86. The Kier molecular flexibility index (Phi) is 6.74. The van der Waals surface area contributed by atoms with Gasteiger partial charge in [-0.15, -0.1) is 5.10 Å². The van der Waals surface area contributed by atoms with E-state index in [0.29, 0.717) is 24.5 Å². The molecule has 182 valence electrons. The molecular formula is C27H32N6O2. The fourth-order valence-electron chi connectivity index (χ4n) is 4.92. The summed E-state index contributed by atoms with van der Waals surface area (Å²) >= 11 is 0. The topological polar surface area (TPSA) is 88.9 Å². The van der Waals surface area contributed by atoms with Gasteiger partial charge in [-0.05, 0) is 83.9 Å². The number of H-pyrrole nitrogens is 1. The van der Waals surface area contributed by atoms with E-state index < -0.39 is 6.04 Å². The van der Waals surface area contributed by atoms with Crippen LogP contribution in [0.4, 0.5) is 0 Å². The van der Waals surface area contributed by atoms with Crippen LogP contribution in [-0.2, 0) is 17.8 Å². The molecule has 0 spiro atoms. The molecular weight excluding hydrogens is 440 g/mol. The zero-order valence-corrected chi connectivity index (χ0v) is 20.6. The Morgan fingerprint density at radius 2 is 1.97 bits per heavy atom. The van der Waals surface area contributed by atoms with Crippen LogP contribution < -0.4 is 5.56 Å². The molecule has 1 fully saturated rings. The van der Waals surface area contributed by atoms with Gasteiger partial charge in [-0.25, -0.2) is 4.68 Å². The monoisotopic (exact) mass is 472 g/mol. The van der Waals surface area contributed by atoms with Crippen molar-refractivity contribution in [2.75, 3.05) is 13.2 Å². The number of nitrogens with zero attached hydrogens (tertiary/aromatic N) is 5. The van der Waals surface area contributed by atoms with E-state index in [-0.39, 0.29) is 11.7 Å². The molecule has 0 saturated carbocycles. The fourth-order valence-corrected chi connectivity index (χ4v) is 4.92. The fraction of sp³-hybridized carbons (Fsp3) is 0.407. The second kappa shape index (κ2) is 10.1. The number of aromatic amines is 1. The molecule has 35 heavy (non-hydrogen) atoms. The first-order chi connectivity index (χ1) is 17.0. The number of hydrogen-bond acceptors (Lipinski definition) is 6. The second-order valence-corrected chi connectivity index (χ2v) is 9.38. The quantitative estimate of drug-likeness (QED) is 0.418. The van der Waals surface area contributed by atoms with Gasteiger partial charge < -0.3 is 9.72 Å². The van der Waals surface area contributed by atoms with Crippen molar-refractivity contribution in [3.05, 3.63) is 87.0 Å². The van der Waals surface area contributed by atoms with E-state index in [1.54, 1.807) is 0 Å². The lowest BCUT2D eigenvalue weighted by Gasteiger charge is -2.30. The summed E-state index contributed by atoms with van der Waals surface area (Å²) in [7, 11) is 0. The highest BCUT2D eigenvalue weighted by Crippen LogP contribution is 2.29. The Balaban J connectivity index is 1.63. The lowest BCUT2D eigenvalue weighted by molar-refractivity contribution is 0.0907. The largest absolute Gasteiger partial charge is 0.376 e. The number of pyridine rings is 1. The molecule has 2 aromatic heterocycles. The van der Waals surface area contributed by atoms with Gasteiger partial charge in [-0.1, -0.05) is 37.3 Å². The average molecular weight is 473 g/mol. The third kappa shape index (κ3) is 4.90. The maximum absolute atomic E-state index is 13.5. The number of benzene rings is 2. The van der Waals surface area contributed by atoms with Gasteiger partial charge in [-0.3, -0.25) is 9.69 Å². The number of ether oxygens (including phenoxy) is 1. The molecule has 1 saturated heterocycles. The number of fused-ring (bicyclic) bond motifs is 1. The minimum absolute atomic E-state index is 0.0858. The molecule has 8 heteroatoms. The minimum Gasteiger partial charge on any atom is -0.376 e. The maximum Gasteiger partial charge on any atom is 0.253 e. The zero-order chi connectivity index (χ0) is 24.4. The lowest BCUT2D eigenvalue weighted by atomic mass is 10.00.